The van der Waals surface area contributed by atoms with Gasteiger partial charge in [0, 0.05) is 27.9 Å². The van der Waals surface area contributed by atoms with Gasteiger partial charge in [-0.3, -0.25) is 0 Å². The van der Waals surface area contributed by atoms with Crippen LogP contribution in [0.5, 0.6) is 0 Å². The first-order valence-corrected chi connectivity index (χ1v) is 9.94. The number of rotatable bonds is 1. The van der Waals surface area contributed by atoms with E-state index in [0.29, 0.717) is 5.71 Å². The van der Waals surface area contributed by atoms with E-state index in [2.05, 4.69) is 76.3 Å². The molecular weight excluding hydrogens is 370 g/mol. The topological polar surface area (TPSA) is 43.9 Å². The molecule has 0 aliphatic heterocycles. The van der Waals surface area contributed by atoms with E-state index < -0.39 is 0 Å². The molecule has 7 aromatic rings. The summed E-state index contributed by atoms with van der Waals surface area (Å²) >= 11 is 0. The molecule has 7 rings (SSSR count). The van der Waals surface area contributed by atoms with Gasteiger partial charge in [0.15, 0.2) is 0 Å². The second kappa shape index (κ2) is 5.67. The normalized spacial score (nSPS) is 12.0. The molecule has 3 aromatic heterocycles. The molecule has 4 nitrogen and oxygen atoms in total. The largest absolute Gasteiger partial charge is 0.436 e. The number of fused-ring (bicyclic) bond motifs is 7. The van der Waals surface area contributed by atoms with Crippen LogP contribution in [0.15, 0.2) is 95.4 Å². The highest BCUT2D eigenvalue weighted by Gasteiger charge is 2.15. The number of nitrogens with zero attached hydrogens (tertiary/aromatic N) is 3. The second-order valence-electron chi connectivity index (χ2n) is 7.52. The number of hydrogen-bond acceptors (Lipinski definition) is 3. The summed E-state index contributed by atoms with van der Waals surface area (Å²) in [4.78, 5) is 9.47. The number of aromatic nitrogens is 3. The minimum Gasteiger partial charge on any atom is -0.436 e. The molecule has 0 spiro atoms. The molecule has 0 saturated carbocycles. The third-order valence-electron chi connectivity index (χ3n) is 5.80. The van der Waals surface area contributed by atoms with Crippen molar-refractivity contribution in [1.82, 2.24) is 14.5 Å². The molecule has 30 heavy (non-hydrogen) atoms. The minimum absolute atomic E-state index is 0.572. The van der Waals surface area contributed by atoms with Crippen molar-refractivity contribution in [2.45, 2.75) is 0 Å². The summed E-state index contributed by atoms with van der Waals surface area (Å²) in [5.41, 5.74) is 7.29. The monoisotopic (exact) mass is 385 g/mol. The number of para-hydroxylation sites is 4. The summed E-state index contributed by atoms with van der Waals surface area (Å²) in [5.74, 6) is 0. The van der Waals surface area contributed by atoms with Gasteiger partial charge in [-0.15, -0.1) is 0 Å². The Morgan fingerprint density at radius 3 is 1.97 bits per heavy atom. The quantitative estimate of drug-likeness (QED) is 0.319. The average Bonchev–Trinajstić information content (AvgIpc) is 3.32. The maximum atomic E-state index is 6.14. The number of hydrogen-bond donors (Lipinski definition) is 0. The molecule has 0 N–H and O–H groups in total. The van der Waals surface area contributed by atoms with Crippen molar-refractivity contribution in [3.05, 3.63) is 91.0 Å². The molecule has 0 unspecified atom stereocenters. The molecule has 140 valence electrons. The number of furan rings is 1. The van der Waals surface area contributed by atoms with Crippen molar-refractivity contribution in [3.63, 3.8) is 0 Å². The SMILES string of the molecule is c1ccc2nc3c(nc2c1)oc1cc(-n2c4ccccc4c4ccccc42)ccc13. The van der Waals surface area contributed by atoms with Gasteiger partial charge in [-0.25, -0.2) is 9.97 Å². The van der Waals surface area contributed by atoms with Crippen LogP contribution in [0.25, 0.3) is 60.7 Å². The lowest BCUT2D eigenvalue weighted by molar-refractivity contribution is 0.655. The zero-order valence-corrected chi connectivity index (χ0v) is 15.9. The third kappa shape index (κ3) is 2.05. The summed E-state index contributed by atoms with van der Waals surface area (Å²) in [5, 5.41) is 3.47. The summed E-state index contributed by atoms with van der Waals surface area (Å²) in [7, 11) is 0. The summed E-state index contributed by atoms with van der Waals surface area (Å²) < 4.78 is 8.42. The first-order valence-electron chi connectivity index (χ1n) is 9.94. The van der Waals surface area contributed by atoms with Gasteiger partial charge >= 0.3 is 0 Å². The lowest BCUT2D eigenvalue weighted by Gasteiger charge is -2.07. The van der Waals surface area contributed by atoms with Crippen LogP contribution in [0.3, 0.4) is 0 Å². The molecule has 0 amide bonds. The van der Waals surface area contributed by atoms with Crippen molar-refractivity contribution in [2.75, 3.05) is 0 Å². The van der Waals surface area contributed by atoms with Gasteiger partial charge in [-0.05, 0) is 36.4 Å². The fourth-order valence-corrected chi connectivity index (χ4v) is 4.47. The molecule has 3 heterocycles. The van der Waals surface area contributed by atoms with E-state index >= 15 is 0 Å². The van der Waals surface area contributed by atoms with Gasteiger partial charge in [0.2, 0.25) is 5.71 Å². The number of benzene rings is 4. The van der Waals surface area contributed by atoms with Crippen molar-refractivity contribution in [3.8, 4) is 5.69 Å². The van der Waals surface area contributed by atoms with Gasteiger partial charge < -0.3 is 8.98 Å². The predicted octanol–water partition coefficient (Wildman–Crippen LogP) is 6.63. The highest BCUT2D eigenvalue weighted by atomic mass is 16.3. The first kappa shape index (κ1) is 15.7. The summed E-state index contributed by atoms with van der Waals surface area (Å²) in [6.07, 6.45) is 0. The molecule has 0 saturated heterocycles. The molecule has 0 aliphatic carbocycles. The molecule has 0 fully saturated rings. The van der Waals surface area contributed by atoms with E-state index in [1.807, 2.05) is 24.3 Å². The Morgan fingerprint density at radius 2 is 1.23 bits per heavy atom. The van der Waals surface area contributed by atoms with Crippen molar-refractivity contribution in [1.29, 1.82) is 0 Å². The van der Waals surface area contributed by atoms with E-state index in [-0.39, 0.29) is 0 Å². The predicted molar refractivity (Wildman–Crippen MR) is 121 cm³/mol. The Morgan fingerprint density at radius 1 is 0.600 bits per heavy atom. The maximum absolute atomic E-state index is 6.14. The highest BCUT2D eigenvalue weighted by Crippen LogP contribution is 2.34. The highest BCUT2D eigenvalue weighted by molar-refractivity contribution is 6.10. The van der Waals surface area contributed by atoms with Crippen LogP contribution in [0.4, 0.5) is 0 Å². The van der Waals surface area contributed by atoms with Crippen LogP contribution in [-0.2, 0) is 0 Å². The van der Waals surface area contributed by atoms with Gasteiger partial charge in [0.1, 0.15) is 11.1 Å². The minimum atomic E-state index is 0.572. The Hall–Kier alpha value is -4.18. The zero-order chi connectivity index (χ0) is 19.7. The lowest BCUT2D eigenvalue weighted by Crippen LogP contribution is -1.93. The molecule has 0 bridgehead atoms. The van der Waals surface area contributed by atoms with Crippen LogP contribution in [0.2, 0.25) is 0 Å². The third-order valence-corrected chi connectivity index (χ3v) is 5.80. The van der Waals surface area contributed by atoms with E-state index in [4.69, 9.17) is 9.40 Å². The Labute approximate surface area is 171 Å². The lowest BCUT2D eigenvalue weighted by atomic mass is 10.2. The second-order valence-corrected chi connectivity index (χ2v) is 7.52. The van der Waals surface area contributed by atoms with E-state index in [1.165, 1.54) is 21.8 Å². The molecule has 4 aromatic carbocycles. The average molecular weight is 385 g/mol. The molecule has 0 aliphatic rings. The zero-order valence-electron chi connectivity index (χ0n) is 15.9. The van der Waals surface area contributed by atoms with Crippen LogP contribution in [0.1, 0.15) is 0 Å². The van der Waals surface area contributed by atoms with Crippen molar-refractivity contribution in [2.24, 2.45) is 0 Å². The smallest absolute Gasteiger partial charge is 0.246 e. The van der Waals surface area contributed by atoms with Gasteiger partial charge in [0.25, 0.3) is 0 Å². The van der Waals surface area contributed by atoms with Crippen molar-refractivity contribution < 1.29 is 4.42 Å². The van der Waals surface area contributed by atoms with Gasteiger partial charge in [-0.2, -0.15) is 0 Å². The van der Waals surface area contributed by atoms with Crippen LogP contribution < -0.4 is 0 Å². The molecule has 4 heteroatoms. The summed E-state index contributed by atoms with van der Waals surface area (Å²) in [6.45, 7) is 0. The summed E-state index contributed by atoms with van der Waals surface area (Å²) in [6, 6.07) is 31.2. The Kier molecular flexibility index (Phi) is 2.97. The van der Waals surface area contributed by atoms with E-state index in [0.717, 1.165) is 33.2 Å². The molecular formula is C26H15N3O. The maximum Gasteiger partial charge on any atom is 0.246 e. The fraction of sp³-hybridized carbons (Fsp3) is 0. The Bertz CT molecular complexity index is 1700. The fourth-order valence-electron chi connectivity index (χ4n) is 4.47. The standard InChI is InChI=1S/C26H15N3O/c1-5-11-22-17(7-1)18-8-2-6-12-23(18)29(22)16-13-14-19-24(15-16)30-26-25(19)27-20-9-3-4-10-21(20)28-26/h1-15H. The van der Waals surface area contributed by atoms with E-state index in [1.54, 1.807) is 0 Å². The van der Waals surface area contributed by atoms with Crippen LogP contribution in [0, 0.1) is 0 Å². The first-order chi connectivity index (χ1) is 14.9. The van der Waals surface area contributed by atoms with Crippen LogP contribution >= 0.6 is 0 Å². The van der Waals surface area contributed by atoms with Gasteiger partial charge in [0.05, 0.1) is 22.1 Å². The van der Waals surface area contributed by atoms with Gasteiger partial charge in [-0.1, -0.05) is 48.5 Å². The molecule has 0 radical (unpaired) electrons. The molecule has 0 atom stereocenters. The van der Waals surface area contributed by atoms with Crippen molar-refractivity contribution >= 4 is 55.0 Å². The Balaban J connectivity index is 1.55. The van der Waals surface area contributed by atoms with E-state index in [9.17, 15) is 0 Å². The van der Waals surface area contributed by atoms with Crippen LogP contribution in [-0.4, -0.2) is 14.5 Å².